The Kier molecular flexibility index (Phi) is 6.30. The predicted octanol–water partition coefficient (Wildman–Crippen LogP) is 2.08. The minimum atomic E-state index is -0.0547. The van der Waals surface area contributed by atoms with Crippen LogP contribution in [0, 0.1) is 5.92 Å². The van der Waals surface area contributed by atoms with E-state index in [1.165, 1.54) is 5.56 Å². The van der Waals surface area contributed by atoms with E-state index in [-0.39, 0.29) is 17.7 Å². The number of aryl methyl sites for hydroxylation is 1. The first-order valence-corrected chi connectivity index (χ1v) is 9.11. The molecule has 6 heteroatoms. The number of carbonyl (C=O) groups excluding carboxylic acids is 2. The summed E-state index contributed by atoms with van der Waals surface area (Å²) < 4.78 is 0. The molecule has 26 heavy (non-hydrogen) atoms. The van der Waals surface area contributed by atoms with Gasteiger partial charge < -0.3 is 10.2 Å². The van der Waals surface area contributed by atoms with Crippen molar-refractivity contribution in [2.75, 3.05) is 19.6 Å². The lowest BCUT2D eigenvalue weighted by Gasteiger charge is -2.31. The summed E-state index contributed by atoms with van der Waals surface area (Å²) in [6, 6.07) is 9.30. The summed E-state index contributed by atoms with van der Waals surface area (Å²) in [5.74, 6) is 0.0308. The molecule has 0 spiro atoms. The van der Waals surface area contributed by atoms with Crippen LogP contribution in [0.1, 0.15) is 35.3 Å². The van der Waals surface area contributed by atoms with Gasteiger partial charge in [0.05, 0.1) is 0 Å². The molecular formula is C20H24N4O2. The first-order valence-electron chi connectivity index (χ1n) is 9.11. The van der Waals surface area contributed by atoms with Crippen molar-refractivity contribution >= 4 is 11.8 Å². The molecule has 3 heterocycles. The molecule has 0 unspecified atom stereocenters. The van der Waals surface area contributed by atoms with Crippen molar-refractivity contribution in [2.24, 2.45) is 5.92 Å². The fourth-order valence-electron chi connectivity index (χ4n) is 3.19. The van der Waals surface area contributed by atoms with E-state index in [0.29, 0.717) is 38.2 Å². The number of amides is 2. The van der Waals surface area contributed by atoms with Crippen LogP contribution in [-0.4, -0.2) is 46.3 Å². The Hall–Kier alpha value is -2.76. The standard InChI is InChI=1S/C20H24N4O2/c25-19(23-12-4-6-16-5-3-10-21-15-16)17-8-13-24(14-9-17)20(26)18-7-1-2-11-22-18/h1-3,5,7,10-11,15,17H,4,6,8-9,12-14H2,(H,23,25). The van der Waals surface area contributed by atoms with Gasteiger partial charge in [-0.1, -0.05) is 12.1 Å². The number of rotatable bonds is 6. The zero-order valence-corrected chi connectivity index (χ0v) is 14.8. The lowest BCUT2D eigenvalue weighted by molar-refractivity contribution is -0.126. The van der Waals surface area contributed by atoms with E-state index >= 15 is 0 Å². The summed E-state index contributed by atoms with van der Waals surface area (Å²) in [4.78, 5) is 34.7. The van der Waals surface area contributed by atoms with Crippen LogP contribution in [-0.2, 0) is 11.2 Å². The maximum atomic E-state index is 12.4. The van der Waals surface area contributed by atoms with Gasteiger partial charge in [0.15, 0.2) is 0 Å². The molecule has 0 bridgehead atoms. The third kappa shape index (κ3) is 4.88. The molecule has 2 aromatic heterocycles. The van der Waals surface area contributed by atoms with E-state index < -0.39 is 0 Å². The Balaban J connectivity index is 1.37. The van der Waals surface area contributed by atoms with Gasteiger partial charge in [0, 0.05) is 44.1 Å². The van der Waals surface area contributed by atoms with Gasteiger partial charge in [0.2, 0.25) is 5.91 Å². The van der Waals surface area contributed by atoms with Crippen LogP contribution in [0.2, 0.25) is 0 Å². The van der Waals surface area contributed by atoms with Gasteiger partial charge in [-0.2, -0.15) is 0 Å². The van der Waals surface area contributed by atoms with Gasteiger partial charge in [0.1, 0.15) is 5.69 Å². The number of piperidine rings is 1. The molecule has 1 fully saturated rings. The second kappa shape index (κ2) is 9.08. The number of hydrogen-bond acceptors (Lipinski definition) is 4. The molecule has 2 amide bonds. The number of nitrogens with one attached hydrogen (secondary N) is 1. The number of aromatic nitrogens is 2. The van der Waals surface area contributed by atoms with E-state index in [0.717, 1.165) is 12.8 Å². The minimum Gasteiger partial charge on any atom is -0.356 e. The highest BCUT2D eigenvalue weighted by molar-refractivity contribution is 5.92. The van der Waals surface area contributed by atoms with E-state index in [4.69, 9.17) is 0 Å². The van der Waals surface area contributed by atoms with E-state index in [9.17, 15) is 9.59 Å². The molecule has 6 nitrogen and oxygen atoms in total. The largest absolute Gasteiger partial charge is 0.356 e. The van der Waals surface area contributed by atoms with Crippen LogP contribution in [0.4, 0.5) is 0 Å². The lowest BCUT2D eigenvalue weighted by atomic mass is 9.95. The Morgan fingerprint density at radius 3 is 2.65 bits per heavy atom. The first-order chi connectivity index (χ1) is 12.7. The third-order valence-electron chi connectivity index (χ3n) is 4.70. The lowest BCUT2D eigenvalue weighted by Crippen LogP contribution is -2.43. The summed E-state index contributed by atoms with van der Waals surface area (Å²) in [5.41, 5.74) is 1.65. The van der Waals surface area contributed by atoms with Crippen molar-refractivity contribution < 1.29 is 9.59 Å². The van der Waals surface area contributed by atoms with Crippen molar-refractivity contribution in [3.05, 3.63) is 60.2 Å². The second-order valence-corrected chi connectivity index (χ2v) is 6.54. The molecule has 0 aromatic carbocycles. The van der Waals surface area contributed by atoms with Crippen molar-refractivity contribution in [3.8, 4) is 0 Å². The summed E-state index contributed by atoms with van der Waals surface area (Å²) in [6.45, 7) is 1.87. The second-order valence-electron chi connectivity index (χ2n) is 6.54. The van der Waals surface area contributed by atoms with Crippen LogP contribution in [0.5, 0.6) is 0 Å². The molecule has 0 saturated carbocycles. The molecule has 1 aliphatic heterocycles. The van der Waals surface area contributed by atoms with Crippen LogP contribution >= 0.6 is 0 Å². The number of nitrogens with zero attached hydrogens (tertiary/aromatic N) is 3. The average Bonchev–Trinajstić information content (AvgIpc) is 2.72. The summed E-state index contributed by atoms with van der Waals surface area (Å²) in [5, 5.41) is 3.02. The van der Waals surface area contributed by atoms with Crippen molar-refractivity contribution in [1.82, 2.24) is 20.2 Å². The average molecular weight is 352 g/mol. The van der Waals surface area contributed by atoms with Gasteiger partial charge >= 0.3 is 0 Å². The van der Waals surface area contributed by atoms with Gasteiger partial charge in [-0.05, 0) is 49.4 Å². The molecule has 3 rings (SSSR count). The Morgan fingerprint density at radius 2 is 1.96 bits per heavy atom. The van der Waals surface area contributed by atoms with Gasteiger partial charge in [0.25, 0.3) is 5.91 Å². The summed E-state index contributed by atoms with van der Waals surface area (Å²) >= 11 is 0. The van der Waals surface area contributed by atoms with E-state index in [2.05, 4.69) is 15.3 Å². The maximum absolute atomic E-state index is 12.4. The fourth-order valence-corrected chi connectivity index (χ4v) is 3.19. The van der Waals surface area contributed by atoms with Crippen LogP contribution in [0.15, 0.2) is 48.9 Å². The molecule has 0 atom stereocenters. The zero-order valence-electron chi connectivity index (χ0n) is 14.8. The Morgan fingerprint density at radius 1 is 1.12 bits per heavy atom. The van der Waals surface area contributed by atoms with Crippen LogP contribution in [0.3, 0.4) is 0 Å². The number of pyridine rings is 2. The SMILES string of the molecule is O=C(NCCCc1cccnc1)C1CCN(C(=O)c2ccccn2)CC1. The predicted molar refractivity (Wildman–Crippen MR) is 98.4 cm³/mol. The topological polar surface area (TPSA) is 75.2 Å². The normalized spacial score (nSPS) is 14.8. The summed E-state index contributed by atoms with van der Waals surface area (Å²) in [6.07, 6.45) is 8.45. The highest BCUT2D eigenvalue weighted by Gasteiger charge is 2.27. The number of carbonyl (C=O) groups is 2. The highest BCUT2D eigenvalue weighted by atomic mass is 16.2. The van der Waals surface area contributed by atoms with Gasteiger partial charge in [-0.15, -0.1) is 0 Å². The summed E-state index contributed by atoms with van der Waals surface area (Å²) in [7, 11) is 0. The van der Waals surface area contributed by atoms with E-state index in [1.807, 2.05) is 24.4 Å². The van der Waals surface area contributed by atoms with Crippen molar-refractivity contribution in [3.63, 3.8) is 0 Å². The molecule has 136 valence electrons. The Labute approximate surface area is 153 Å². The van der Waals surface area contributed by atoms with E-state index in [1.54, 1.807) is 29.4 Å². The van der Waals surface area contributed by atoms with Crippen LogP contribution < -0.4 is 5.32 Å². The Bertz CT molecular complexity index is 713. The quantitative estimate of drug-likeness (QED) is 0.808. The molecule has 2 aromatic rings. The molecule has 1 N–H and O–H groups in total. The van der Waals surface area contributed by atoms with Crippen molar-refractivity contribution in [2.45, 2.75) is 25.7 Å². The smallest absolute Gasteiger partial charge is 0.272 e. The monoisotopic (exact) mass is 352 g/mol. The number of likely N-dealkylation sites (tertiary alicyclic amines) is 1. The molecule has 0 radical (unpaired) electrons. The van der Waals surface area contributed by atoms with Crippen LogP contribution in [0.25, 0.3) is 0 Å². The maximum Gasteiger partial charge on any atom is 0.272 e. The number of hydrogen-bond donors (Lipinski definition) is 1. The van der Waals surface area contributed by atoms with Gasteiger partial charge in [-0.25, -0.2) is 0 Å². The van der Waals surface area contributed by atoms with Crippen molar-refractivity contribution in [1.29, 1.82) is 0 Å². The molecule has 0 aliphatic carbocycles. The molecule has 1 saturated heterocycles. The van der Waals surface area contributed by atoms with Gasteiger partial charge in [-0.3, -0.25) is 19.6 Å². The first kappa shape index (κ1) is 18.0. The highest BCUT2D eigenvalue weighted by Crippen LogP contribution is 2.18. The fraction of sp³-hybridized carbons (Fsp3) is 0.400. The zero-order chi connectivity index (χ0) is 18.2. The molecular weight excluding hydrogens is 328 g/mol. The molecule has 1 aliphatic rings. The third-order valence-corrected chi connectivity index (χ3v) is 4.70. The minimum absolute atomic E-state index is 0.0128.